The number of rotatable bonds is 4. The molecule has 0 unspecified atom stereocenters. The zero-order chi connectivity index (χ0) is 17.9. The lowest BCUT2D eigenvalue weighted by Gasteiger charge is -2.42. The lowest BCUT2D eigenvalue weighted by molar-refractivity contribution is -0.137. The number of carbonyl (C=O) groups is 1. The van der Waals surface area contributed by atoms with Gasteiger partial charge in [0.1, 0.15) is 12.4 Å². The third-order valence-electron chi connectivity index (χ3n) is 4.78. The molecule has 1 fully saturated rings. The highest BCUT2D eigenvalue weighted by Gasteiger charge is 2.32. The van der Waals surface area contributed by atoms with E-state index in [2.05, 4.69) is 41.2 Å². The maximum Gasteiger partial charge on any atom is 0.248 e. The molecule has 0 spiro atoms. The maximum atomic E-state index is 13.1. The van der Waals surface area contributed by atoms with E-state index < -0.39 is 6.04 Å². The lowest BCUT2D eigenvalue weighted by atomic mass is 10.0. The summed E-state index contributed by atoms with van der Waals surface area (Å²) >= 11 is 0. The van der Waals surface area contributed by atoms with Gasteiger partial charge in [0.15, 0.2) is 0 Å². The first-order valence-electron chi connectivity index (χ1n) is 8.75. The molecule has 0 saturated carbocycles. The van der Waals surface area contributed by atoms with E-state index in [1.807, 2.05) is 35.2 Å². The molecule has 2 aromatic rings. The molecule has 1 atom stereocenters. The number of aromatic nitrogens is 4. The van der Waals surface area contributed by atoms with Crippen LogP contribution in [0.1, 0.15) is 32.4 Å². The van der Waals surface area contributed by atoms with Crippen LogP contribution in [-0.4, -0.2) is 67.6 Å². The van der Waals surface area contributed by atoms with Gasteiger partial charge in [-0.15, -0.1) is 5.10 Å². The summed E-state index contributed by atoms with van der Waals surface area (Å²) in [6.07, 6.45) is 2.11. The second kappa shape index (κ2) is 7.31. The molecule has 1 aromatic heterocycles. The van der Waals surface area contributed by atoms with Crippen molar-refractivity contribution in [3.05, 3.63) is 42.2 Å². The highest BCUT2D eigenvalue weighted by molar-refractivity contribution is 5.80. The van der Waals surface area contributed by atoms with E-state index in [1.54, 1.807) is 4.68 Å². The zero-order valence-corrected chi connectivity index (χ0v) is 15.2. The van der Waals surface area contributed by atoms with Crippen LogP contribution in [0.2, 0.25) is 0 Å². The van der Waals surface area contributed by atoms with E-state index in [0.717, 1.165) is 31.7 Å². The molecule has 0 radical (unpaired) electrons. The van der Waals surface area contributed by atoms with Gasteiger partial charge in [0, 0.05) is 38.1 Å². The fourth-order valence-corrected chi connectivity index (χ4v) is 3.25. The highest BCUT2D eigenvalue weighted by atomic mass is 16.2. The van der Waals surface area contributed by atoms with E-state index in [9.17, 15) is 4.79 Å². The minimum Gasteiger partial charge on any atom is -0.338 e. The molecule has 1 amide bonds. The molecule has 0 aliphatic carbocycles. The van der Waals surface area contributed by atoms with Crippen LogP contribution in [0, 0.1) is 0 Å². The van der Waals surface area contributed by atoms with Gasteiger partial charge in [-0.3, -0.25) is 9.69 Å². The summed E-state index contributed by atoms with van der Waals surface area (Å²) in [5.41, 5.74) is 1.23. The van der Waals surface area contributed by atoms with Gasteiger partial charge in [-0.05, 0) is 36.8 Å². The van der Waals surface area contributed by atoms with E-state index in [0.29, 0.717) is 6.42 Å². The summed E-state index contributed by atoms with van der Waals surface area (Å²) in [6, 6.07) is 9.60. The molecule has 1 aromatic carbocycles. The molecular weight excluding hydrogens is 316 g/mol. The highest BCUT2D eigenvalue weighted by Crippen LogP contribution is 2.20. The van der Waals surface area contributed by atoms with Gasteiger partial charge in [-0.1, -0.05) is 30.3 Å². The van der Waals surface area contributed by atoms with Gasteiger partial charge in [-0.2, -0.15) is 0 Å². The van der Waals surface area contributed by atoms with E-state index in [-0.39, 0.29) is 11.4 Å². The Balaban J connectivity index is 1.72. The summed E-state index contributed by atoms with van der Waals surface area (Å²) < 4.78 is 1.57. The number of benzene rings is 1. The second-order valence-electron chi connectivity index (χ2n) is 7.48. The van der Waals surface area contributed by atoms with Crippen LogP contribution in [-0.2, 0) is 11.2 Å². The summed E-state index contributed by atoms with van der Waals surface area (Å²) in [5.74, 6) is 0.0877. The van der Waals surface area contributed by atoms with Crippen molar-refractivity contribution >= 4 is 5.91 Å². The van der Waals surface area contributed by atoms with E-state index >= 15 is 0 Å². The van der Waals surface area contributed by atoms with E-state index in [1.165, 1.54) is 6.33 Å². The third-order valence-corrected chi connectivity index (χ3v) is 4.78. The van der Waals surface area contributed by atoms with Crippen LogP contribution in [0.25, 0.3) is 0 Å². The van der Waals surface area contributed by atoms with Crippen LogP contribution >= 0.6 is 0 Å². The molecule has 7 heteroatoms. The number of amides is 1. The lowest BCUT2D eigenvalue weighted by Crippen LogP contribution is -2.55. The number of hydrogen-bond donors (Lipinski definition) is 0. The number of piperazine rings is 1. The van der Waals surface area contributed by atoms with Crippen molar-refractivity contribution in [2.24, 2.45) is 0 Å². The normalized spacial score (nSPS) is 17.5. The molecule has 25 heavy (non-hydrogen) atoms. The van der Waals surface area contributed by atoms with E-state index in [4.69, 9.17) is 0 Å². The summed E-state index contributed by atoms with van der Waals surface area (Å²) in [6.45, 7) is 9.90. The van der Waals surface area contributed by atoms with Crippen molar-refractivity contribution in [1.29, 1.82) is 0 Å². The molecule has 1 aliphatic heterocycles. The quantitative estimate of drug-likeness (QED) is 0.840. The average Bonchev–Trinajstić information content (AvgIpc) is 3.14. The van der Waals surface area contributed by atoms with Gasteiger partial charge < -0.3 is 4.90 Å². The first-order chi connectivity index (χ1) is 11.9. The number of carbonyl (C=O) groups excluding carboxylic acids is 1. The van der Waals surface area contributed by atoms with Crippen LogP contribution in [0.4, 0.5) is 0 Å². The molecule has 3 rings (SSSR count). The Kier molecular flexibility index (Phi) is 5.13. The monoisotopic (exact) mass is 342 g/mol. The molecule has 0 bridgehead atoms. The van der Waals surface area contributed by atoms with Crippen LogP contribution < -0.4 is 0 Å². The Bertz CT molecular complexity index is 671. The molecule has 134 valence electrons. The molecule has 2 heterocycles. The second-order valence-corrected chi connectivity index (χ2v) is 7.48. The SMILES string of the molecule is CC(C)(C)N1CCN(C(=O)[C@@H](Cc2ccccc2)n2cnnn2)CC1. The van der Waals surface area contributed by atoms with Crippen molar-refractivity contribution in [2.75, 3.05) is 26.2 Å². The van der Waals surface area contributed by atoms with Gasteiger partial charge in [0.2, 0.25) is 5.91 Å². The Morgan fingerprint density at radius 1 is 1.12 bits per heavy atom. The van der Waals surface area contributed by atoms with Crippen LogP contribution in [0.3, 0.4) is 0 Å². The third kappa shape index (κ3) is 4.22. The van der Waals surface area contributed by atoms with Crippen molar-refractivity contribution in [3.8, 4) is 0 Å². The fraction of sp³-hybridized carbons (Fsp3) is 0.556. The standard InChI is InChI=1S/C18H26N6O/c1-18(2,3)23-11-9-22(10-12-23)17(25)16(24-14-19-20-21-24)13-15-7-5-4-6-8-15/h4-8,14,16H,9-13H2,1-3H3/t16-/m1/s1. The largest absolute Gasteiger partial charge is 0.338 e. The van der Waals surface area contributed by atoms with Crippen molar-refractivity contribution in [3.63, 3.8) is 0 Å². The molecule has 7 nitrogen and oxygen atoms in total. The van der Waals surface area contributed by atoms with Gasteiger partial charge in [0.05, 0.1) is 0 Å². The Morgan fingerprint density at radius 2 is 1.80 bits per heavy atom. The number of nitrogens with zero attached hydrogens (tertiary/aromatic N) is 6. The zero-order valence-electron chi connectivity index (χ0n) is 15.2. The Labute approximate surface area is 148 Å². The summed E-state index contributed by atoms with van der Waals surface area (Å²) in [4.78, 5) is 17.5. The van der Waals surface area contributed by atoms with Gasteiger partial charge in [0.25, 0.3) is 0 Å². The molecule has 0 N–H and O–H groups in total. The average molecular weight is 342 g/mol. The van der Waals surface area contributed by atoms with Gasteiger partial charge >= 0.3 is 0 Å². The van der Waals surface area contributed by atoms with Gasteiger partial charge in [-0.25, -0.2) is 4.68 Å². The predicted octanol–water partition coefficient (Wildman–Crippen LogP) is 1.40. The molecule has 1 aliphatic rings. The first kappa shape index (κ1) is 17.5. The Morgan fingerprint density at radius 3 is 2.36 bits per heavy atom. The summed E-state index contributed by atoms with van der Waals surface area (Å²) in [7, 11) is 0. The minimum atomic E-state index is -0.404. The molecule has 1 saturated heterocycles. The predicted molar refractivity (Wildman–Crippen MR) is 94.9 cm³/mol. The molecular formula is C18H26N6O. The maximum absolute atomic E-state index is 13.1. The number of hydrogen-bond acceptors (Lipinski definition) is 5. The van der Waals surface area contributed by atoms with Crippen LogP contribution in [0.15, 0.2) is 36.7 Å². The summed E-state index contributed by atoms with van der Waals surface area (Å²) in [5, 5.41) is 11.4. The topological polar surface area (TPSA) is 67.2 Å². The van der Waals surface area contributed by atoms with Crippen molar-refractivity contribution in [2.45, 2.75) is 38.8 Å². The smallest absolute Gasteiger partial charge is 0.248 e. The van der Waals surface area contributed by atoms with Crippen molar-refractivity contribution in [1.82, 2.24) is 30.0 Å². The number of tetrazole rings is 1. The van der Waals surface area contributed by atoms with Crippen molar-refractivity contribution < 1.29 is 4.79 Å². The fourth-order valence-electron chi connectivity index (χ4n) is 3.25. The van der Waals surface area contributed by atoms with Crippen LogP contribution in [0.5, 0.6) is 0 Å². The minimum absolute atomic E-state index is 0.0877. The Hall–Kier alpha value is -2.28. The first-order valence-corrected chi connectivity index (χ1v) is 8.75.